The number of hydrogen-bond acceptors (Lipinski definition) is 3. The number of rotatable bonds is 8. The molecule has 0 bridgehead atoms. The first-order valence-electron chi connectivity index (χ1n) is 8.32. The summed E-state index contributed by atoms with van der Waals surface area (Å²) in [5.74, 6) is -1.02. The van der Waals surface area contributed by atoms with Gasteiger partial charge in [-0.15, -0.1) is 0 Å². The number of hydrogen-bond donors (Lipinski definition) is 1. The Labute approximate surface area is 148 Å². The molecule has 0 aliphatic rings. The van der Waals surface area contributed by atoms with E-state index < -0.39 is 26.0 Å². The lowest BCUT2D eigenvalue weighted by Gasteiger charge is -2.16. The average Bonchev–Trinajstić information content (AvgIpc) is 2.54. The fraction of sp³-hybridized carbons (Fsp3) is 0.444. The van der Waals surface area contributed by atoms with Gasteiger partial charge in [0.15, 0.2) is 0 Å². The van der Waals surface area contributed by atoms with Crippen molar-refractivity contribution < 1.29 is 23.2 Å². The fourth-order valence-corrected chi connectivity index (χ4v) is 3.30. The molecule has 4 nitrogen and oxygen atoms in total. The first kappa shape index (κ1) is 21.0. The first-order valence-corrected chi connectivity index (χ1v) is 11.8. The van der Waals surface area contributed by atoms with Gasteiger partial charge < -0.3 is 4.84 Å². The third kappa shape index (κ3) is 8.58. The number of carbonyl (C=O) groups excluding carboxylic acids is 2. The summed E-state index contributed by atoms with van der Waals surface area (Å²) in [4.78, 5) is 28.2. The summed E-state index contributed by atoms with van der Waals surface area (Å²) in [6.45, 7) is 6.65. The van der Waals surface area contributed by atoms with Crippen LogP contribution >= 0.6 is 0 Å². The molecule has 0 aromatic heterocycles. The van der Waals surface area contributed by atoms with Crippen molar-refractivity contribution >= 4 is 25.1 Å². The van der Waals surface area contributed by atoms with Crippen molar-refractivity contribution in [2.24, 2.45) is 0 Å². The van der Waals surface area contributed by atoms with Gasteiger partial charge >= 0.3 is 5.97 Å². The second kappa shape index (κ2) is 10.1. The van der Waals surface area contributed by atoms with Crippen molar-refractivity contribution in [1.29, 1.82) is 0 Å². The van der Waals surface area contributed by atoms with Crippen LogP contribution < -0.4 is 10.7 Å². The summed E-state index contributed by atoms with van der Waals surface area (Å²) in [5, 5.41) is 1.24. The van der Waals surface area contributed by atoms with Gasteiger partial charge in [-0.05, 0) is 37.5 Å². The minimum absolute atomic E-state index is 0.136. The molecule has 0 saturated carbocycles. The molecule has 1 N–H and O–H groups in total. The maximum Gasteiger partial charge on any atom is 0.332 e. The highest BCUT2D eigenvalue weighted by molar-refractivity contribution is 6.88. The summed E-state index contributed by atoms with van der Waals surface area (Å²) in [5.41, 5.74) is 2.56. The Kier molecular flexibility index (Phi) is 8.47. The van der Waals surface area contributed by atoms with Crippen LogP contribution in [-0.2, 0) is 9.63 Å². The van der Waals surface area contributed by atoms with E-state index in [-0.39, 0.29) is 6.42 Å². The molecule has 0 aliphatic heterocycles. The molecule has 0 spiro atoms. The molecule has 0 fully saturated rings. The van der Waals surface area contributed by atoms with E-state index in [1.165, 1.54) is 5.19 Å². The minimum atomic E-state index is -1.68. The third-order valence-corrected chi connectivity index (χ3v) is 5.72. The summed E-state index contributed by atoms with van der Waals surface area (Å²) < 4.78 is 23.6. The third-order valence-electron chi connectivity index (χ3n) is 3.65. The molecule has 1 aromatic rings. The van der Waals surface area contributed by atoms with Gasteiger partial charge in [0.05, 0.1) is 8.07 Å². The molecule has 1 amide bonds. The van der Waals surface area contributed by atoms with Gasteiger partial charge in [0.1, 0.15) is 0 Å². The molecule has 1 aromatic carbocycles. The number of carbonyl (C=O) groups is 2. The van der Waals surface area contributed by atoms with Crippen LogP contribution in [0.5, 0.6) is 0 Å². The molecule has 138 valence electrons. The van der Waals surface area contributed by atoms with Crippen LogP contribution in [0.15, 0.2) is 36.4 Å². The van der Waals surface area contributed by atoms with Crippen molar-refractivity contribution in [1.82, 2.24) is 5.48 Å². The number of nitrogens with one attached hydrogen (secondary N) is 1. The normalized spacial score (nSPS) is 10.9. The standard InChI is InChI=1S/C18H25F2NO3Si/c1-25(2,3)15-12-10-14(11-13-15)18(23)21-24-17(22)9-7-5-4-6-8-16(19)20/h8,10-13H,4-7,9H2,1-3H3,(H,21,23). The van der Waals surface area contributed by atoms with E-state index in [2.05, 4.69) is 25.1 Å². The number of hydroxylamine groups is 1. The SMILES string of the molecule is C[Si](C)(C)c1ccc(C(=O)NOC(=O)CCCCCC=C(F)F)cc1. The van der Waals surface area contributed by atoms with Crippen molar-refractivity contribution in [3.8, 4) is 0 Å². The zero-order valence-corrected chi connectivity index (χ0v) is 15.9. The van der Waals surface area contributed by atoms with Gasteiger partial charge in [0, 0.05) is 12.0 Å². The largest absolute Gasteiger partial charge is 0.341 e. The zero-order valence-electron chi connectivity index (χ0n) is 14.9. The van der Waals surface area contributed by atoms with Crippen LogP contribution in [0.1, 0.15) is 42.5 Å². The Morgan fingerprint density at radius 3 is 2.28 bits per heavy atom. The lowest BCUT2D eigenvalue weighted by atomic mass is 10.1. The number of allylic oxidation sites excluding steroid dienone is 1. The first-order chi connectivity index (χ1) is 11.7. The minimum Gasteiger partial charge on any atom is -0.341 e. The topological polar surface area (TPSA) is 55.4 Å². The van der Waals surface area contributed by atoms with E-state index in [1.54, 1.807) is 12.1 Å². The van der Waals surface area contributed by atoms with E-state index in [0.29, 0.717) is 31.2 Å². The maximum atomic E-state index is 11.9. The Hall–Kier alpha value is -2.02. The molecule has 0 aliphatic carbocycles. The average molecular weight is 369 g/mol. The highest BCUT2D eigenvalue weighted by atomic mass is 28.3. The van der Waals surface area contributed by atoms with Gasteiger partial charge in [-0.25, -0.2) is 4.79 Å². The number of halogens is 2. The van der Waals surface area contributed by atoms with Gasteiger partial charge in [0.25, 0.3) is 12.0 Å². The molecule has 25 heavy (non-hydrogen) atoms. The molecular weight excluding hydrogens is 344 g/mol. The second-order valence-electron chi connectivity index (χ2n) is 6.83. The van der Waals surface area contributed by atoms with Crippen molar-refractivity contribution in [2.75, 3.05) is 0 Å². The molecule has 7 heteroatoms. The van der Waals surface area contributed by atoms with Crippen LogP contribution in [0.2, 0.25) is 19.6 Å². The van der Waals surface area contributed by atoms with E-state index in [0.717, 1.165) is 6.08 Å². The molecule has 0 heterocycles. The van der Waals surface area contributed by atoms with E-state index in [1.807, 2.05) is 12.1 Å². The van der Waals surface area contributed by atoms with Crippen LogP contribution in [0.4, 0.5) is 8.78 Å². The second-order valence-corrected chi connectivity index (χ2v) is 11.9. The highest BCUT2D eigenvalue weighted by Gasteiger charge is 2.17. The summed E-state index contributed by atoms with van der Waals surface area (Å²) in [7, 11) is -1.42. The predicted octanol–water partition coefficient (Wildman–Crippen LogP) is 4.15. The molecule has 0 unspecified atom stereocenters. The predicted molar refractivity (Wildman–Crippen MR) is 96.4 cm³/mol. The van der Waals surface area contributed by atoms with Crippen LogP contribution in [-0.4, -0.2) is 20.0 Å². The molecule has 1 rings (SSSR count). The van der Waals surface area contributed by atoms with Crippen LogP contribution in [0, 0.1) is 0 Å². The lowest BCUT2D eigenvalue weighted by molar-refractivity contribution is -0.149. The van der Waals surface area contributed by atoms with Gasteiger partial charge in [-0.3, -0.25) is 4.79 Å². The van der Waals surface area contributed by atoms with E-state index in [4.69, 9.17) is 4.84 Å². The zero-order chi connectivity index (χ0) is 18.9. The monoisotopic (exact) mass is 369 g/mol. The van der Waals surface area contributed by atoms with E-state index in [9.17, 15) is 18.4 Å². The molecule has 0 radical (unpaired) electrons. The van der Waals surface area contributed by atoms with Crippen molar-refractivity contribution in [3.05, 3.63) is 42.0 Å². The highest BCUT2D eigenvalue weighted by Crippen LogP contribution is 2.08. The number of benzene rings is 1. The van der Waals surface area contributed by atoms with Gasteiger partial charge in [0.2, 0.25) is 0 Å². The smallest absolute Gasteiger partial charge is 0.332 e. The van der Waals surface area contributed by atoms with Crippen molar-refractivity contribution in [3.63, 3.8) is 0 Å². The Morgan fingerprint density at radius 1 is 1.08 bits per heavy atom. The Morgan fingerprint density at radius 2 is 1.72 bits per heavy atom. The van der Waals surface area contributed by atoms with Crippen molar-refractivity contribution in [2.45, 2.75) is 51.7 Å². The lowest BCUT2D eigenvalue weighted by Crippen LogP contribution is -2.37. The summed E-state index contributed by atoms with van der Waals surface area (Å²) in [6.07, 6.45) is 1.37. The summed E-state index contributed by atoms with van der Waals surface area (Å²) >= 11 is 0. The number of unbranched alkanes of at least 4 members (excludes halogenated alkanes) is 3. The van der Waals surface area contributed by atoms with Gasteiger partial charge in [-0.2, -0.15) is 14.3 Å². The van der Waals surface area contributed by atoms with E-state index >= 15 is 0 Å². The molecule has 0 atom stereocenters. The van der Waals surface area contributed by atoms with Crippen LogP contribution in [0.3, 0.4) is 0 Å². The fourth-order valence-electron chi connectivity index (χ4n) is 2.14. The maximum absolute atomic E-state index is 11.9. The van der Waals surface area contributed by atoms with Gasteiger partial charge in [-0.1, -0.05) is 43.4 Å². The number of amides is 1. The molecular formula is C18H25F2NO3Si. The Balaban J connectivity index is 2.29. The quantitative estimate of drug-likeness (QED) is 0.425. The Bertz CT molecular complexity index is 606. The van der Waals surface area contributed by atoms with Crippen LogP contribution in [0.25, 0.3) is 0 Å². The summed E-state index contributed by atoms with van der Waals surface area (Å²) in [6, 6.07) is 7.29. The molecule has 0 saturated heterocycles.